The van der Waals surface area contributed by atoms with Gasteiger partial charge in [0.2, 0.25) is 0 Å². The van der Waals surface area contributed by atoms with Crippen molar-refractivity contribution in [1.82, 2.24) is 0 Å². The van der Waals surface area contributed by atoms with Gasteiger partial charge in [0.15, 0.2) is 0 Å². The minimum atomic E-state index is 0.736. The van der Waals surface area contributed by atoms with E-state index in [-0.39, 0.29) is 0 Å². The molecule has 0 saturated heterocycles. The maximum absolute atomic E-state index is 8.25. The Kier molecular flexibility index (Phi) is 6.19. The van der Waals surface area contributed by atoms with E-state index >= 15 is 0 Å². The highest BCUT2D eigenvalue weighted by Gasteiger charge is 2.10. The molecule has 0 heterocycles. The molecule has 0 aliphatic carbocycles. The second-order valence-corrected chi connectivity index (χ2v) is 3.21. The molecule has 9 heavy (non-hydrogen) atoms. The summed E-state index contributed by atoms with van der Waals surface area (Å²) in [5, 5.41) is 8.25. The molecule has 0 aromatic carbocycles. The molecular weight excluding hydrogens is 114 g/mol. The van der Waals surface area contributed by atoms with Gasteiger partial charge < -0.3 is 9.59 Å². The van der Waals surface area contributed by atoms with Crippen LogP contribution in [0.25, 0.3) is 0 Å². The first-order valence-corrected chi connectivity index (χ1v) is 3.16. The van der Waals surface area contributed by atoms with Crippen LogP contribution in [0.1, 0.15) is 13.8 Å². The van der Waals surface area contributed by atoms with Crippen molar-refractivity contribution in [3.05, 3.63) is 0 Å². The molecular formula is C7H19NO. The molecule has 0 N–H and O–H groups in total. The van der Waals surface area contributed by atoms with Crippen LogP contribution in [0.15, 0.2) is 0 Å². The zero-order valence-electron chi connectivity index (χ0n) is 7.43. The zero-order chi connectivity index (χ0) is 8.08. The predicted molar refractivity (Wildman–Crippen MR) is 39.1 cm³/mol. The highest BCUT2D eigenvalue weighted by Crippen LogP contribution is 1.97. The van der Waals surface area contributed by atoms with Gasteiger partial charge in [-0.15, -0.1) is 0 Å². The maximum Gasteiger partial charge on any atom is 0.0827 e. The lowest BCUT2D eigenvalue weighted by molar-refractivity contribution is -0.891. The minimum Gasteiger partial charge on any atom is -0.857 e. The quantitative estimate of drug-likeness (QED) is 0.464. The fraction of sp³-hybridized carbons (Fsp3) is 1.00. The van der Waals surface area contributed by atoms with Crippen molar-refractivity contribution in [2.24, 2.45) is 0 Å². The van der Waals surface area contributed by atoms with E-state index in [2.05, 4.69) is 35.0 Å². The highest BCUT2D eigenvalue weighted by atomic mass is 16.2. The van der Waals surface area contributed by atoms with Crippen LogP contribution in [0.2, 0.25) is 0 Å². The summed E-state index contributed by atoms with van der Waals surface area (Å²) in [5.41, 5.74) is 0. The van der Waals surface area contributed by atoms with Gasteiger partial charge in [0, 0.05) is 0 Å². The molecule has 0 radical (unpaired) electrons. The summed E-state index contributed by atoms with van der Waals surface area (Å²) in [7, 11) is 7.35. The Labute approximate surface area is 58.7 Å². The molecule has 0 amide bonds. The van der Waals surface area contributed by atoms with Crippen LogP contribution in [0.4, 0.5) is 0 Å². The normalized spacial score (nSPS) is 10.7. The Morgan fingerprint density at radius 3 is 1.11 bits per heavy atom. The van der Waals surface area contributed by atoms with Gasteiger partial charge in [0.1, 0.15) is 0 Å². The topological polar surface area (TPSA) is 23.1 Å². The third-order valence-electron chi connectivity index (χ3n) is 1.55. The zero-order valence-corrected chi connectivity index (χ0v) is 7.43. The van der Waals surface area contributed by atoms with E-state index in [1.165, 1.54) is 0 Å². The molecule has 0 aromatic rings. The fourth-order valence-electron chi connectivity index (χ4n) is 0. The van der Waals surface area contributed by atoms with Crippen LogP contribution >= 0.6 is 0 Å². The Morgan fingerprint density at radius 1 is 1.00 bits per heavy atom. The average molecular weight is 133 g/mol. The molecule has 0 saturated carbocycles. The SMILES string of the molecule is CC(C)[N+](C)(C)C.C[O-]. The van der Waals surface area contributed by atoms with Gasteiger partial charge in [0.25, 0.3) is 0 Å². The molecule has 0 aromatic heterocycles. The first-order chi connectivity index (χ1) is 3.94. The smallest absolute Gasteiger partial charge is 0.0827 e. The average Bonchev–Trinajstić information content (AvgIpc) is 1.69. The Morgan fingerprint density at radius 2 is 1.11 bits per heavy atom. The van der Waals surface area contributed by atoms with Gasteiger partial charge in [-0.2, -0.15) is 7.11 Å². The van der Waals surface area contributed by atoms with Crippen LogP contribution in [0.5, 0.6) is 0 Å². The van der Waals surface area contributed by atoms with Crippen LogP contribution in [-0.2, 0) is 0 Å². The lowest BCUT2D eigenvalue weighted by Crippen LogP contribution is -2.41. The second-order valence-electron chi connectivity index (χ2n) is 3.21. The molecule has 2 heteroatoms. The third kappa shape index (κ3) is 7.92. The number of quaternary nitrogens is 1. The minimum absolute atomic E-state index is 0.736. The summed E-state index contributed by atoms with van der Waals surface area (Å²) >= 11 is 0. The molecule has 0 rings (SSSR count). The van der Waals surface area contributed by atoms with E-state index in [4.69, 9.17) is 5.11 Å². The van der Waals surface area contributed by atoms with E-state index in [0.29, 0.717) is 0 Å². The first kappa shape index (κ1) is 11.7. The molecule has 0 fully saturated rings. The molecule has 0 aliphatic heterocycles. The van der Waals surface area contributed by atoms with Gasteiger partial charge >= 0.3 is 0 Å². The Balaban J connectivity index is 0. The van der Waals surface area contributed by atoms with Crippen molar-refractivity contribution in [2.75, 3.05) is 28.3 Å². The van der Waals surface area contributed by atoms with Crippen molar-refractivity contribution in [2.45, 2.75) is 19.9 Å². The number of rotatable bonds is 1. The monoisotopic (exact) mass is 133 g/mol. The van der Waals surface area contributed by atoms with Crippen molar-refractivity contribution in [1.29, 1.82) is 0 Å². The van der Waals surface area contributed by atoms with Crippen molar-refractivity contribution < 1.29 is 9.59 Å². The molecule has 0 aliphatic rings. The van der Waals surface area contributed by atoms with Gasteiger partial charge in [-0.1, -0.05) is 0 Å². The number of nitrogens with zero attached hydrogens (tertiary/aromatic N) is 1. The molecule has 0 spiro atoms. The lowest BCUT2D eigenvalue weighted by Gasteiger charge is -2.28. The number of hydrogen-bond acceptors (Lipinski definition) is 1. The van der Waals surface area contributed by atoms with Gasteiger partial charge in [-0.05, 0) is 13.8 Å². The van der Waals surface area contributed by atoms with Gasteiger partial charge in [-0.3, -0.25) is 0 Å². The maximum atomic E-state index is 8.25. The summed E-state index contributed by atoms with van der Waals surface area (Å²) in [5.74, 6) is 0. The molecule has 58 valence electrons. The van der Waals surface area contributed by atoms with E-state index in [1.54, 1.807) is 0 Å². The van der Waals surface area contributed by atoms with Crippen LogP contribution in [-0.4, -0.2) is 38.8 Å². The van der Waals surface area contributed by atoms with E-state index in [0.717, 1.165) is 17.6 Å². The molecule has 0 bridgehead atoms. The second kappa shape index (κ2) is 4.77. The standard InChI is InChI=1S/C6H16N.CH3O/c1-6(2)7(3,4)5;1-2/h6H,1-5H3;1H3/q+1;-1. The number of hydrogen-bond donors (Lipinski definition) is 0. The Bertz CT molecular complexity index is 54.4. The van der Waals surface area contributed by atoms with Crippen molar-refractivity contribution in [3.63, 3.8) is 0 Å². The van der Waals surface area contributed by atoms with Crippen molar-refractivity contribution in [3.8, 4) is 0 Å². The fourth-order valence-corrected chi connectivity index (χ4v) is 0. The van der Waals surface area contributed by atoms with E-state index in [9.17, 15) is 0 Å². The van der Waals surface area contributed by atoms with Crippen LogP contribution in [0, 0.1) is 0 Å². The van der Waals surface area contributed by atoms with Gasteiger partial charge in [0.05, 0.1) is 27.2 Å². The van der Waals surface area contributed by atoms with E-state index < -0.39 is 0 Å². The predicted octanol–water partition coefficient (Wildman–Crippen LogP) is 0.0775. The summed E-state index contributed by atoms with van der Waals surface area (Å²) in [6, 6.07) is 0.736. The molecule has 0 atom stereocenters. The van der Waals surface area contributed by atoms with Crippen LogP contribution in [0.3, 0.4) is 0 Å². The van der Waals surface area contributed by atoms with E-state index in [1.807, 2.05) is 0 Å². The summed E-state index contributed by atoms with van der Waals surface area (Å²) < 4.78 is 1.06. The lowest BCUT2D eigenvalue weighted by atomic mass is 10.3. The largest absolute Gasteiger partial charge is 0.857 e. The summed E-state index contributed by atoms with van der Waals surface area (Å²) in [6.45, 7) is 4.44. The third-order valence-corrected chi connectivity index (χ3v) is 1.55. The molecule has 0 unspecified atom stereocenters. The first-order valence-electron chi connectivity index (χ1n) is 3.16. The van der Waals surface area contributed by atoms with Crippen molar-refractivity contribution >= 4 is 0 Å². The van der Waals surface area contributed by atoms with Gasteiger partial charge in [-0.25, -0.2) is 0 Å². The summed E-state index contributed by atoms with van der Waals surface area (Å²) in [6.07, 6.45) is 0. The highest BCUT2D eigenvalue weighted by molar-refractivity contribution is 4.31. The Hall–Kier alpha value is -0.0800. The summed E-state index contributed by atoms with van der Waals surface area (Å²) in [4.78, 5) is 0. The molecule has 2 nitrogen and oxygen atoms in total. The van der Waals surface area contributed by atoms with Crippen LogP contribution < -0.4 is 5.11 Å².